The molecule has 1 rings (SSSR count). The van der Waals surface area contributed by atoms with Crippen molar-refractivity contribution in [1.29, 1.82) is 0 Å². The van der Waals surface area contributed by atoms with E-state index in [-0.39, 0.29) is 30.3 Å². The van der Waals surface area contributed by atoms with Gasteiger partial charge in [-0.15, -0.1) is 11.6 Å². The van der Waals surface area contributed by atoms with Gasteiger partial charge >= 0.3 is 5.97 Å². The average molecular weight is 390 g/mol. The molecule has 1 heterocycles. The molecule has 0 atom stereocenters. The maximum atomic E-state index is 12.8. The van der Waals surface area contributed by atoms with Crippen molar-refractivity contribution in [3.63, 3.8) is 0 Å². The fourth-order valence-corrected chi connectivity index (χ4v) is 2.50. The first-order valence-corrected chi connectivity index (χ1v) is 6.78. The van der Waals surface area contributed by atoms with Crippen molar-refractivity contribution in [3.05, 3.63) is 26.6 Å². The largest absolute Gasteiger partial charge is 0.466 e. The first-order chi connectivity index (χ1) is 8.49. The van der Waals surface area contributed by atoms with Gasteiger partial charge in [-0.2, -0.15) is 0 Å². The van der Waals surface area contributed by atoms with Gasteiger partial charge in [0.15, 0.2) is 0 Å². The van der Waals surface area contributed by atoms with Crippen molar-refractivity contribution < 1.29 is 18.3 Å². The highest BCUT2D eigenvalue weighted by Gasteiger charge is 2.19. The third-order valence-corrected chi connectivity index (χ3v) is 3.63. The van der Waals surface area contributed by atoms with E-state index in [0.29, 0.717) is 9.13 Å². The lowest BCUT2D eigenvalue weighted by Crippen LogP contribution is -2.11. The average Bonchev–Trinajstić information content (AvgIpc) is 2.31. The first-order valence-electron chi connectivity index (χ1n) is 5.17. The summed E-state index contributed by atoms with van der Waals surface area (Å²) in [6, 6.07) is 1.55. The van der Waals surface area contributed by atoms with Crippen molar-refractivity contribution in [2.75, 3.05) is 6.61 Å². The van der Waals surface area contributed by atoms with Crippen LogP contribution in [0.5, 0.6) is 0 Å². The van der Waals surface area contributed by atoms with E-state index in [2.05, 4.69) is 4.98 Å². The number of hydrogen-bond donors (Lipinski definition) is 0. The van der Waals surface area contributed by atoms with Gasteiger partial charge in [-0.05, 0) is 41.1 Å². The SMILES string of the molecule is CCOC(=O)Cc1cc(CCl)c(I)c(C(F)F)n1. The molecule has 0 saturated heterocycles. The van der Waals surface area contributed by atoms with E-state index < -0.39 is 12.4 Å². The maximum Gasteiger partial charge on any atom is 0.311 e. The van der Waals surface area contributed by atoms with Crippen LogP contribution in [0.15, 0.2) is 6.07 Å². The van der Waals surface area contributed by atoms with Crippen LogP contribution in [0, 0.1) is 3.57 Å². The number of ether oxygens (including phenoxy) is 1. The van der Waals surface area contributed by atoms with Crippen LogP contribution in [0.4, 0.5) is 8.78 Å². The number of alkyl halides is 3. The Balaban J connectivity index is 3.06. The lowest BCUT2D eigenvalue weighted by atomic mass is 10.2. The maximum absolute atomic E-state index is 12.8. The van der Waals surface area contributed by atoms with Crippen LogP contribution >= 0.6 is 34.2 Å². The van der Waals surface area contributed by atoms with Crippen LogP contribution in [-0.2, 0) is 21.8 Å². The summed E-state index contributed by atoms with van der Waals surface area (Å²) in [5.41, 5.74) is 0.453. The number of aromatic nitrogens is 1. The van der Waals surface area contributed by atoms with E-state index in [4.69, 9.17) is 16.3 Å². The molecule has 0 amide bonds. The van der Waals surface area contributed by atoms with Crippen LogP contribution in [-0.4, -0.2) is 17.6 Å². The van der Waals surface area contributed by atoms with Crippen LogP contribution in [0.2, 0.25) is 0 Å². The molecule has 100 valence electrons. The lowest BCUT2D eigenvalue weighted by Gasteiger charge is -2.10. The van der Waals surface area contributed by atoms with Gasteiger partial charge in [0.05, 0.1) is 18.7 Å². The Morgan fingerprint density at radius 1 is 1.61 bits per heavy atom. The van der Waals surface area contributed by atoms with Crippen LogP contribution in [0.25, 0.3) is 0 Å². The smallest absolute Gasteiger partial charge is 0.311 e. The zero-order chi connectivity index (χ0) is 13.7. The van der Waals surface area contributed by atoms with Gasteiger partial charge in [-0.1, -0.05) is 0 Å². The van der Waals surface area contributed by atoms with E-state index in [1.165, 1.54) is 0 Å². The highest BCUT2D eigenvalue weighted by atomic mass is 127. The molecule has 0 N–H and O–H groups in total. The van der Waals surface area contributed by atoms with Crippen LogP contribution in [0.3, 0.4) is 0 Å². The summed E-state index contributed by atoms with van der Waals surface area (Å²) in [6.45, 7) is 1.92. The van der Waals surface area contributed by atoms with E-state index in [1.807, 2.05) is 0 Å². The monoisotopic (exact) mass is 389 g/mol. The summed E-state index contributed by atoms with van der Waals surface area (Å²) in [7, 11) is 0. The molecule has 0 radical (unpaired) electrons. The topological polar surface area (TPSA) is 39.2 Å². The third-order valence-electron chi connectivity index (χ3n) is 2.09. The fraction of sp³-hybridized carbons (Fsp3) is 0.455. The number of pyridine rings is 1. The standard InChI is InChI=1S/C11H11ClF2INO2/c1-2-18-8(17)4-7-3-6(5-12)9(15)10(16-7)11(13)14/h3,11H,2,4-5H2,1H3. The predicted octanol–water partition coefficient (Wildman–Crippen LogP) is 3.47. The Kier molecular flexibility index (Phi) is 6.20. The molecule has 18 heavy (non-hydrogen) atoms. The van der Waals surface area contributed by atoms with E-state index in [1.54, 1.807) is 35.6 Å². The number of hydrogen-bond acceptors (Lipinski definition) is 3. The van der Waals surface area contributed by atoms with Gasteiger partial charge in [0, 0.05) is 9.45 Å². The van der Waals surface area contributed by atoms with Gasteiger partial charge in [-0.25, -0.2) is 8.78 Å². The zero-order valence-corrected chi connectivity index (χ0v) is 12.5. The molecular weight excluding hydrogens is 378 g/mol. The van der Waals surface area contributed by atoms with Gasteiger partial charge in [0.2, 0.25) is 0 Å². The molecule has 7 heteroatoms. The minimum Gasteiger partial charge on any atom is -0.466 e. The number of esters is 1. The third kappa shape index (κ3) is 4.01. The minimum absolute atomic E-state index is 0.0936. The molecule has 0 bridgehead atoms. The molecule has 1 aromatic rings. The Morgan fingerprint density at radius 2 is 2.28 bits per heavy atom. The number of halogens is 4. The second kappa shape index (κ2) is 7.18. The second-order valence-electron chi connectivity index (χ2n) is 3.39. The highest BCUT2D eigenvalue weighted by molar-refractivity contribution is 14.1. The zero-order valence-electron chi connectivity index (χ0n) is 9.55. The minimum atomic E-state index is -2.69. The van der Waals surface area contributed by atoms with E-state index in [0.717, 1.165) is 0 Å². The van der Waals surface area contributed by atoms with Gasteiger partial charge < -0.3 is 4.74 Å². The van der Waals surface area contributed by atoms with Crippen LogP contribution < -0.4 is 0 Å². The molecule has 0 fully saturated rings. The predicted molar refractivity (Wildman–Crippen MR) is 71.8 cm³/mol. The van der Waals surface area contributed by atoms with Crippen molar-refractivity contribution in [2.45, 2.75) is 25.7 Å². The fourth-order valence-electron chi connectivity index (χ4n) is 1.36. The lowest BCUT2D eigenvalue weighted by molar-refractivity contribution is -0.142. The van der Waals surface area contributed by atoms with Gasteiger partial charge in [0.25, 0.3) is 6.43 Å². The number of rotatable bonds is 5. The summed E-state index contributed by atoms with van der Waals surface area (Å²) >= 11 is 7.46. The van der Waals surface area contributed by atoms with Crippen molar-refractivity contribution >= 4 is 40.2 Å². The van der Waals surface area contributed by atoms with E-state index >= 15 is 0 Å². The van der Waals surface area contributed by atoms with Crippen molar-refractivity contribution in [2.24, 2.45) is 0 Å². The number of nitrogens with zero attached hydrogens (tertiary/aromatic N) is 1. The normalized spacial score (nSPS) is 10.8. The molecule has 0 saturated carbocycles. The van der Waals surface area contributed by atoms with Gasteiger partial charge in [-0.3, -0.25) is 9.78 Å². The molecule has 0 unspecified atom stereocenters. The van der Waals surface area contributed by atoms with Crippen LogP contribution in [0.1, 0.15) is 30.3 Å². The first kappa shape index (κ1) is 15.6. The molecule has 0 aromatic carbocycles. The Bertz CT molecular complexity index is 443. The summed E-state index contributed by atoms with van der Waals surface area (Å²) in [5.74, 6) is -0.400. The van der Waals surface area contributed by atoms with Crippen molar-refractivity contribution in [3.8, 4) is 0 Å². The molecule has 1 aromatic heterocycles. The number of carbonyl (C=O) groups excluding carboxylic acids is 1. The molecule has 0 spiro atoms. The van der Waals surface area contributed by atoms with E-state index in [9.17, 15) is 13.6 Å². The highest BCUT2D eigenvalue weighted by Crippen LogP contribution is 2.27. The molecule has 3 nitrogen and oxygen atoms in total. The summed E-state index contributed by atoms with van der Waals surface area (Å²) < 4.78 is 30.7. The molecule has 0 aliphatic heterocycles. The Morgan fingerprint density at radius 3 is 2.78 bits per heavy atom. The summed E-state index contributed by atoms with van der Waals surface area (Å²) in [6.07, 6.45) is -2.82. The van der Waals surface area contributed by atoms with Crippen molar-refractivity contribution in [1.82, 2.24) is 4.98 Å². The second-order valence-corrected chi connectivity index (χ2v) is 4.73. The molecular formula is C11H11ClF2INO2. The Hall–Kier alpha value is -0.500. The molecule has 0 aliphatic carbocycles. The van der Waals surface area contributed by atoms with Gasteiger partial charge in [0.1, 0.15) is 5.69 Å². The quantitative estimate of drug-likeness (QED) is 0.440. The summed E-state index contributed by atoms with van der Waals surface area (Å²) in [4.78, 5) is 15.1. The number of carbonyl (C=O) groups is 1. The Labute approximate surface area is 122 Å². The molecule has 0 aliphatic rings. The summed E-state index contributed by atoms with van der Waals surface area (Å²) in [5, 5.41) is 0.